The minimum Gasteiger partial charge on any atom is -0.300 e. The van der Waals surface area contributed by atoms with Crippen LogP contribution in [-0.4, -0.2) is 23.6 Å². The Morgan fingerprint density at radius 2 is 1.87 bits per heavy atom. The third-order valence-corrected chi connectivity index (χ3v) is 9.13. The number of hydrogen-bond acceptors (Lipinski definition) is 3. The van der Waals surface area contributed by atoms with E-state index in [9.17, 15) is 9.59 Å². The van der Waals surface area contributed by atoms with E-state index in [1.807, 2.05) is 11.8 Å². The number of fused-ring (bicyclic) bond motifs is 5. The zero-order chi connectivity index (χ0) is 16.2. The number of carbonyl (C=O) groups is 2. The normalized spacial score (nSPS) is 49.5. The van der Waals surface area contributed by atoms with Gasteiger partial charge in [-0.25, -0.2) is 0 Å². The number of ketones is 2. The summed E-state index contributed by atoms with van der Waals surface area (Å²) in [5.74, 6) is 5.04. The van der Waals surface area contributed by atoms with Gasteiger partial charge >= 0.3 is 0 Å². The van der Waals surface area contributed by atoms with Crippen molar-refractivity contribution in [2.24, 2.45) is 34.5 Å². The second-order valence-electron chi connectivity index (χ2n) is 8.98. The molecule has 6 atom stereocenters. The smallest absolute Gasteiger partial charge is 0.139 e. The quantitative estimate of drug-likeness (QED) is 0.745. The lowest BCUT2D eigenvalue weighted by Gasteiger charge is -2.60. The number of Topliss-reactive ketones (excluding diaryl/α,β-unsaturated/α-hetero) is 2. The van der Waals surface area contributed by atoms with E-state index >= 15 is 0 Å². The lowest BCUT2D eigenvalue weighted by atomic mass is 9.45. The van der Waals surface area contributed by atoms with Crippen molar-refractivity contribution in [2.45, 2.75) is 64.7 Å². The molecule has 0 spiro atoms. The first-order valence-corrected chi connectivity index (χ1v) is 10.9. The van der Waals surface area contributed by atoms with E-state index in [0.29, 0.717) is 28.8 Å². The zero-order valence-corrected chi connectivity index (χ0v) is 15.4. The molecule has 0 saturated heterocycles. The fourth-order valence-corrected chi connectivity index (χ4v) is 8.30. The van der Waals surface area contributed by atoms with Crippen molar-refractivity contribution in [3.63, 3.8) is 0 Å². The van der Waals surface area contributed by atoms with E-state index in [1.165, 1.54) is 25.0 Å². The molecule has 0 amide bonds. The summed E-state index contributed by atoms with van der Waals surface area (Å²) in [5.41, 5.74) is 0.377. The highest BCUT2D eigenvalue weighted by molar-refractivity contribution is 7.98. The largest absolute Gasteiger partial charge is 0.300 e. The van der Waals surface area contributed by atoms with Crippen LogP contribution in [0, 0.1) is 34.5 Å². The zero-order valence-electron chi connectivity index (χ0n) is 14.6. The third-order valence-electron chi connectivity index (χ3n) is 8.30. The standard InChI is InChI=1S/C20H30O2S/c1-19-9-8-17-15(16(19)5-6-18(19)22)4-3-13-11-14(21)7-10-20(13,17)12-23-2/h13,15-17H,3-12H2,1-2H3/t13-,15+,16+,17+,19+,20-/m1/s1. The van der Waals surface area contributed by atoms with E-state index in [4.69, 9.17) is 0 Å². The highest BCUT2D eigenvalue weighted by atomic mass is 32.2. The van der Waals surface area contributed by atoms with Crippen LogP contribution in [0.15, 0.2) is 0 Å². The number of hydrogen-bond donors (Lipinski definition) is 0. The number of rotatable bonds is 2. The maximum atomic E-state index is 12.5. The van der Waals surface area contributed by atoms with Gasteiger partial charge in [-0.2, -0.15) is 11.8 Å². The third kappa shape index (κ3) is 2.21. The Balaban J connectivity index is 1.68. The summed E-state index contributed by atoms with van der Waals surface area (Å²) >= 11 is 1.99. The molecule has 0 radical (unpaired) electrons. The van der Waals surface area contributed by atoms with Gasteiger partial charge in [0.25, 0.3) is 0 Å². The summed E-state index contributed by atoms with van der Waals surface area (Å²) in [6.07, 6.45) is 11.8. The van der Waals surface area contributed by atoms with E-state index in [2.05, 4.69) is 13.2 Å². The Morgan fingerprint density at radius 3 is 2.65 bits per heavy atom. The van der Waals surface area contributed by atoms with E-state index in [0.717, 1.165) is 50.4 Å². The molecule has 4 rings (SSSR count). The van der Waals surface area contributed by atoms with Gasteiger partial charge in [-0.15, -0.1) is 0 Å². The van der Waals surface area contributed by atoms with Crippen LogP contribution in [0.3, 0.4) is 0 Å². The van der Waals surface area contributed by atoms with E-state index < -0.39 is 0 Å². The van der Waals surface area contributed by atoms with Crippen molar-refractivity contribution in [3.8, 4) is 0 Å². The fourth-order valence-electron chi connectivity index (χ4n) is 7.17. The second-order valence-corrected chi connectivity index (χ2v) is 9.84. The Labute approximate surface area is 144 Å². The molecular formula is C20H30O2S. The van der Waals surface area contributed by atoms with Gasteiger partial charge in [0, 0.05) is 24.7 Å². The van der Waals surface area contributed by atoms with Crippen LogP contribution >= 0.6 is 11.8 Å². The molecule has 0 unspecified atom stereocenters. The molecule has 23 heavy (non-hydrogen) atoms. The molecule has 0 aromatic rings. The van der Waals surface area contributed by atoms with Crippen molar-refractivity contribution in [1.29, 1.82) is 0 Å². The molecule has 4 aliphatic carbocycles. The first-order chi connectivity index (χ1) is 11.0. The Hall–Kier alpha value is -0.310. The van der Waals surface area contributed by atoms with Gasteiger partial charge in [0.1, 0.15) is 11.6 Å². The highest BCUT2D eigenvalue weighted by Gasteiger charge is 2.61. The van der Waals surface area contributed by atoms with Crippen LogP contribution in [0.2, 0.25) is 0 Å². The predicted octanol–water partition coefficient (Wildman–Crippen LogP) is 4.51. The van der Waals surface area contributed by atoms with E-state index in [-0.39, 0.29) is 5.41 Å². The molecule has 0 bridgehead atoms. The van der Waals surface area contributed by atoms with E-state index in [1.54, 1.807) is 0 Å². The van der Waals surface area contributed by atoms with Crippen molar-refractivity contribution in [1.82, 2.24) is 0 Å². The SMILES string of the molecule is CSC[C@]12CCC(=O)C[C@H]1CC[C@@H]1[C@@H]2CC[C@]2(C)C(=O)CC[C@@H]12. The molecule has 4 aliphatic rings. The number of thioether (sulfide) groups is 1. The van der Waals surface area contributed by atoms with Crippen molar-refractivity contribution in [3.05, 3.63) is 0 Å². The Kier molecular flexibility index (Phi) is 3.94. The van der Waals surface area contributed by atoms with Crippen molar-refractivity contribution in [2.75, 3.05) is 12.0 Å². The van der Waals surface area contributed by atoms with Crippen molar-refractivity contribution >= 4 is 23.3 Å². The predicted molar refractivity (Wildman–Crippen MR) is 94.4 cm³/mol. The lowest BCUT2D eigenvalue weighted by Crippen LogP contribution is -2.55. The van der Waals surface area contributed by atoms with Crippen LogP contribution in [0.4, 0.5) is 0 Å². The first-order valence-electron chi connectivity index (χ1n) is 9.55. The Bertz CT molecular complexity index is 530. The fraction of sp³-hybridized carbons (Fsp3) is 0.900. The summed E-state index contributed by atoms with van der Waals surface area (Å²) in [6.45, 7) is 2.26. The van der Waals surface area contributed by atoms with Gasteiger partial charge in [0.15, 0.2) is 0 Å². The minimum atomic E-state index is -0.0148. The summed E-state index contributed by atoms with van der Waals surface area (Å²) in [7, 11) is 0. The molecule has 3 heteroatoms. The van der Waals surface area contributed by atoms with Gasteiger partial charge in [0.05, 0.1) is 0 Å². The topological polar surface area (TPSA) is 34.1 Å². The highest BCUT2D eigenvalue weighted by Crippen LogP contribution is 2.65. The average molecular weight is 335 g/mol. The molecule has 4 fully saturated rings. The van der Waals surface area contributed by atoms with Crippen LogP contribution in [0.5, 0.6) is 0 Å². The molecule has 0 aliphatic heterocycles. The maximum Gasteiger partial charge on any atom is 0.139 e. The molecule has 128 valence electrons. The molecule has 0 N–H and O–H groups in total. The molecule has 4 saturated carbocycles. The summed E-state index contributed by atoms with van der Waals surface area (Å²) in [6, 6.07) is 0. The van der Waals surface area contributed by atoms with Gasteiger partial charge in [0.2, 0.25) is 0 Å². The van der Waals surface area contributed by atoms with Crippen molar-refractivity contribution < 1.29 is 9.59 Å². The summed E-state index contributed by atoms with van der Waals surface area (Å²) in [4.78, 5) is 24.5. The van der Waals surface area contributed by atoms with Crippen LogP contribution in [0.1, 0.15) is 64.7 Å². The number of carbonyl (C=O) groups excluding carboxylic acids is 2. The summed E-state index contributed by atoms with van der Waals surface area (Å²) in [5, 5.41) is 0. The van der Waals surface area contributed by atoms with Gasteiger partial charge in [-0.3, -0.25) is 9.59 Å². The van der Waals surface area contributed by atoms with Gasteiger partial charge in [-0.05, 0) is 79.6 Å². The summed E-state index contributed by atoms with van der Waals surface area (Å²) < 4.78 is 0. The van der Waals surface area contributed by atoms with Gasteiger partial charge in [-0.1, -0.05) is 6.92 Å². The molecule has 0 heterocycles. The second kappa shape index (κ2) is 5.61. The lowest BCUT2D eigenvalue weighted by molar-refractivity contribution is -0.143. The molecule has 0 aromatic heterocycles. The van der Waals surface area contributed by atoms with Crippen LogP contribution < -0.4 is 0 Å². The first kappa shape index (κ1) is 16.2. The molecular weight excluding hydrogens is 304 g/mol. The average Bonchev–Trinajstić information content (AvgIpc) is 2.84. The maximum absolute atomic E-state index is 12.5. The van der Waals surface area contributed by atoms with Crippen LogP contribution in [-0.2, 0) is 9.59 Å². The monoisotopic (exact) mass is 334 g/mol. The minimum absolute atomic E-state index is 0.0148. The Morgan fingerprint density at radius 1 is 1.04 bits per heavy atom. The molecule has 0 aromatic carbocycles. The van der Waals surface area contributed by atoms with Crippen LogP contribution in [0.25, 0.3) is 0 Å². The molecule has 2 nitrogen and oxygen atoms in total. The van der Waals surface area contributed by atoms with Gasteiger partial charge < -0.3 is 0 Å².